The number of nitrogens with zero attached hydrogens (tertiary/aromatic N) is 1. The maximum atomic E-state index is 11.9. The summed E-state index contributed by atoms with van der Waals surface area (Å²) in [5.74, 6) is 2.57. The molecule has 0 aromatic carbocycles. The molecule has 2 aliphatic heterocycles. The van der Waals surface area contributed by atoms with Crippen LogP contribution in [0.2, 0.25) is 0 Å². The molecule has 0 radical (unpaired) electrons. The molecule has 6 heteroatoms. The van der Waals surface area contributed by atoms with Crippen molar-refractivity contribution in [2.24, 2.45) is 50.7 Å². The summed E-state index contributed by atoms with van der Waals surface area (Å²) in [6, 6.07) is 0.658. The van der Waals surface area contributed by atoms with Gasteiger partial charge in [0.1, 0.15) is 0 Å². The summed E-state index contributed by atoms with van der Waals surface area (Å²) in [4.78, 5) is 2.58. The van der Waals surface area contributed by atoms with E-state index in [-0.39, 0.29) is 34.7 Å². The lowest BCUT2D eigenvalue weighted by Gasteiger charge is -2.64. The second-order valence-corrected chi connectivity index (χ2v) is 16.6. The zero-order valence-electron chi connectivity index (χ0n) is 26.3. The predicted molar refractivity (Wildman–Crippen MR) is 157 cm³/mol. The molecule has 2 spiro atoms. The van der Waals surface area contributed by atoms with E-state index in [1.165, 1.54) is 38.5 Å². The van der Waals surface area contributed by atoms with Gasteiger partial charge in [0, 0.05) is 51.4 Å². The molecule has 7 rings (SSSR count). The van der Waals surface area contributed by atoms with Crippen LogP contribution in [0.4, 0.5) is 0 Å². The van der Waals surface area contributed by atoms with Crippen molar-refractivity contribution in [1.29, 1.82) is 0 Å². The zero-order valence-corrected chi connectivity index (χ0v) is 26.3. The summed E-state index contributed by atoms with van der Waals surface area (Å²) in [6.07, 6.45) is 11.2. The Balaban J connectivity index is 1.09. The Labute approximate surface area is 243 Å². The van der Waals surface area contributed by atoms with Gasteiger partial charge in [0.2, 0.25) is 0 Å². The van der Waals surface area contributed by atoms with Gasteiger partial charge < -0.3 is 24.6 Å². The topological polar surface area (TPSA) is 63.2 Å². The Morgan fingerprint density at radius 3 is 2.50 bits per heavy atom. The second-order valence-electron chi connectivity index (χ2n) is 16.6. The molecule has 0 bridgehead atoms. The summed E-state index contributed by atoms with van der Waals surface area (Å²) < 4.78 is 18.6. The van der Waals surface area contributed by atoms with Crippen LogP contribution in [-0.2, 0) is 14.2 Å². The van der Waals surface area contributed by atoms with Crippen LogP contribution in [-0.4, -0.2) is 81.0 Å². The zero-order chi connectivity index (χ0) is 28.1. The van der Waals surface area contributed by atoms with Gasteiger partial charge in [-0.3, -0.25) is 4.90 Å². The summed E-state index contributed by atoms with van der Waals surface area (Å²) in [6.45, 7) is 18.4. The van der Waals surface area contributed by atoms with Crippen LogP contribution in [0, 0.1) is 50.7 Å². The van der Waals surface area contributed by atoms with Crippen molar-refractivity contribution in [3.05, 3.63) is 0 Å². The molecule has 2 N–H and O–H groups in total. The smallest absolute Gasteiger partial charge is 0.170 e. The number of fused-ring (bicyclic) bond motifs is 2. The van der Waals surface area contributed by atoms with Crippen molar-refractivity contribution >= 4 is 0 Å². The molecule has 6 nitrogen and oxygen atoms in total. The third-order valence-electron chi connectivity index (χ3n) is 15.3. The standard InChI is InChI=1S/C34H58N2O4/c1-22(10-15-38-6)24-17-27(37)32(5)26-8-7-25-30(2,3)28(40-29-20-36(14-16-39-29)23-18-35-19-23)9-11-33(25)21-34(26,33)13-12-31(24,32)4/h22-29,35,37H,7-21H2,1-6H3/t22-,24-,25+,26?,27+,28+,29+,31-,32-,33-,34+/m1/s1. The van der Waals surface area contributed by atoms with Crippen LogP contribution < -0.4 is 5.32 Å². The van der Waals surface area contributed by atoms with Crippen LogP contribution in [0.1, 0.15) is 92.4 Å². The van der Waals surface area contributed by atoms with Crippen molar-refractivity contribution in [3.8, 4) is 0 Å². The molecule has 7 fully saturated rings. The van der Waals surface area contributed by atoms with Crippen LogP contribution in [0.25, 0.3) is 0 Å². The Bertz CT molecular complexity index is 972. The summed E-state index contributed by atoms with van der Waals surface area (Å²) in [5.41, 5.74) is 1.30. The predicted octanol–water partition coefficient (Wildman–Crippen LogP) is 5.08. The fourth-order valence-corrected chi connectivity index (χ4v) is 12.8. The second kappa shape index (κ2) is 9.63. The average molecular weight is 559 g/mol. The number of morpholine rings is 1. The lowest BCUT2D eigenvalue weighted by atomic mass is 9.41. The number of hydrogen-bond acceptors (Lipinski definition) is 6. The van der Waals surface area contributed by atoms with E-state index in [1.807, 2.05) is 7.11 Å². The highest BCUT2D eigenvalue weighted by Gasteiger charge is 2.83. The van der Waals surface area contributed by atoms with E-state index in [1.54, 1.807) is 0 Å². The summed E-state index contributed by atoms with van der Waals surface area (Å²) >= 11 is 0. The fourth-order valence-electron chi connectivity index (χ4n) is 12.8. The van der Waals surface area contributed by atoms with Gasteiger partial charge in [0.15, 0.2) is 6.29 Å². The van der Waals surface area contributed by atoms with Gasteiger partial charge >= 0.3 is 0 Å². The van der Waals surface area contributed by atoms with Gasteiger partial charge in [-0.15, -0.1) is 0 Å². The Morgan fingerprint density at radius 2 is 1.77 bits per heavy atom. The summed E-state index contributed by atoms with van der Waals surface area (Å²) in [7, 11) is 1.82. The van der Waals surface area contributed by atoms with Crippen LogP contribution in [0.3, 0.4) is 0 Å². The first-order chi connectivity index (χ1) is 19.0. The molecule has 5 aliphatic carbocycles. The number of methoxy groups -OCH3 is 1. The molecule has 1 unspecified atom stereocenters. The highest BCUT2D eigenvalue weighted by Crippen LogP contribution is 2.89. The first-order valence-corrected chi connectivity index (χ1v) is 16.9. The molecule has 11 atom stereocenters. The number of hydrogen-bond donors (Lipinski definition) is 2. The molecule has 7 aliphatic rings. The SMILES string of the molecule is COCC[C@@H](C)[C@H]1C[C@H](O)[C@@]2(C)C3CC[C@H]4C(C)(C)[C@@H](O[C@H]5CN(C6CNC6)CCO5)CC[C@@]45C[C@@]35CC[C@]12C. The van der Waals surface area contributed by atoms with Crippen molar-refractivity contribution in [2.45, 2.75) is 117 Å². The van der Waals surface area contributed by atoms with Crippen LogP contribution in [0.15, 0.2) is 0 Å². The monoisotopic (exact) mass is 558 g/mol. The molecule has 2 saturated heterocycles. The van der Waals surface area contributed by atoms with Gasteiger partial charge in [-0.25, -0.2) is 0 Å². The van der Waals surface area contributed by atoms with E-state index in [0.717, 1.165) is 58.7 Å². The van der Waals surface area contributed by atoms with Gasteiger partial charge in [-0.1, -0.05) is 34.6 Å². The maximum absolute atomic E-state index is 11.9. The number of nitrogens with one attached hydrogen (secondary N) is 1. The van der Waals surface area contributed by atoms with Gasteiger partial charge in [-0.05, 0) is 103 Å². The highest BCUT2D eigenvalue weighted by atomic mass is 16.7. The molecule has 0 amide bonds. The fraction of sp³-hybridized carbons (Fsp3) is 1.00. The normalized spacial score (nSPS) is 52.6. The molecule has 0 aromatic rings. The third-order valence-corrected chi connectivity index (χ3v) is 15.3. The number of rotatable bonds is 7. The minimum atomic E-state index is -0.172. The largest absolute Gasteiger partial charge is 0.393 e. The van der Waals surface area contributed by atoms with Crippen molar-refractivity contribution < 1.29 is 19.3 Å². The van der Waals surface area contributed by atoms with E-state index in [4.69, 9.17) is 14.2 Å². The Kier molecular flexibility index (Phi) is 6.87. The van der Waals surface area contributed by atoms with E-state index in [2.05, 4.69) is 44.8 Å². The minimum absolute atomic E-state index is 0.0268. The van der Waals surface area contributed by atoms with E-state index < -0.39 is 0 Å². The molecule has 2 heterocycles. The lowest BCUT2D eigenvalue weighted by Crippen LogP contribution is -2.62. The number of aliphatic hydroxyl groups is 1. The average Bonchev–Trinajstić information content (AvgIpc) is 3.51. The molecule has 228 valence electrons. The van der Waals surface area contributed by atoms with Crippen LogP contribution >= 0.6 is 0 Å². The Hall–Kier alpha value is -0.240. The van der Waals surface area contributed by atoms with Gasteiger partial charge in [0.05, 0.1) is 18.8 Å². The van der Waals surface area contributed by atoms with Crippen molar-refractivity contribution in [2.75, 3.05) is 46.5 Å². The first kappa shape index (κ1) is 28.5. The number of aliphatic hydroxyl groups excluding tert-OH is 1. The van der Waals surface area contributed by atoms with Crippen LogP contribution in [0.5, 0.6) is 0 Å². The highest BCUT2D eigenvalue weighted by molar-refractivity contribution is 5.31. The Morgan fingerprint density at radius 1 is 1.02 bits per heavy atom. The van der Waals surface area contributed by atoms with Gasteiger partial charge in [-0.2, -0.15) is 0 Å². The molecule has 5 saturated carbocycles. The third kappa shape index (κ3) is 3.68. The number of ether oxygens (including phenoxy) is 3. The van der Waals surface area contributed by atoms with E-state index >= 15 is 0 Å². The molecular weight excluding hydrogens is 500 g/mol. The van der Waals surface area contributed by atoms with Crippen molar-refractivity contribution in [1.82, 2.24) is 10.2 Å². The molecule has 40 heavy (non-hydrogen) atoms. The van der Waals surface area contributed by atoms with Crippen molar-refractivity contribution in [3.63, 3.8) is 0 Å². The molecule has 0 aromatic heterocycles. The van der Waals surface area contributed by atoms with E-state index in [0.29, 0.717) is 40.5 Å². The quantitative estimate of drug-likeness (QED) is 0.454. The molecular formula is C34H58N2O4. The maximum Gasteiger partial charge on any atom is 0.170 e. The first-order valence-electron chi connectivity index (χ1n) is 16.9. The summed E-state index contributed by atoms with van der Waals surface area (Å²) in [5, 5.41) is 15.3. The minimum Gasteiger partial charge on any atom is -0.393 e. The van der Waals surface area contributed by atoms with E-state index in [9.17, 15) is 5.11 Å². The van der Waals surface area contributed by atoms with Gasteiger partial charge in [0.25, 0.3) is 0 Å². The lowest BCUT2D eigenvalue weighted by molar-refractivity contribution is -0.251.